The highest BCUT2D eigenvalue weighted by Crippen LogP contribution is 2.26. The molecule has 0 fully saturated rings. The van der Waals surface area contributed by atoms with E-state index in [9.17, 15) is 14.4 Å². The molecule has 0 radical (unpaired) electrons. The predicted molar refractivity (Wildman–Crippen MR) is 80.3 cm³/mol. The molecule has 0 bridgehead atoms. The van der Waals surface area contributed by atoms with Gasteiger partial charge >= 0.3 is 0 Å². The quantitative estimate of drug-likeness (QED) is 0.832. The second-order valence-electron chi connectivity index (χ2n) is 4.79. The van der Waals surface area contributed by atoms with Gasteiger partial charge < -0.3 is 11.5 Å². The molecule has 0 atom stereocenters. The highest BCUT2D eigenvalue weighted by molar-refractivity contribution is 7.20. The Morgan fingerprint density at radius 3 is 2.52 bits per heavy atom. The van der Waals surface area contributed by atoms with Crippen LogP contribution in [0.5, 0.6) is 0 Å². The van der Waals surface area contributed by atoms with Gasteiger partial charge in [-0.15, -0.1) is 11.3 Å². The van der Waals surface area contributed by atoms with Gasteiger partial charge in [0.2, 0.25) is 5.91 Å². The maximum Gasteiger partial charge on any atom is 0.262 e. The van der Waals surface area contributed by atoms with Gasteiger partial charge in [0.05, 0.1) is 10.3 Å². The first-order valence-electron chi connectivity index (χ1n) is 6.41. The Bertz CT molecular complexity index is 791. The van der Waals surface area contributed by atoms with Crippen molar-refractivity contribution in [3.8, 4) is 0 Å². The maximum absolute atomic E-state index is 12.5. The van der Waals surface area contributed by atoms with Crippen LogP contribution >= 0.6 is 11.3 Å². The van der Waals surface area contributed by atoms with Crippen molar-refractivity contribution in [2.24, 2.45) is 11.5 Å². The first-order valence-corrected chi connectivity index (χ1v) is 7.23. The van der Waals surface area contributed by atoms with Crippen molar-refractivity contribution in [3.05, 3.63) is 26.6 Å². The number of thiophene rings is 1. The first-order chi connectivity index (χ1) is 9.82. The van der Waals surface area contributed by atoms with Gasteiger partial charge in [-0.1, -0.05) is 0 Å². The summed E-state index contributed by atoms with van der Waals surface area (Å²) in [6.45, 7) is 3.76. The van der Waals surface area contributed by atoms with Gasteiger partial charge in [-0.2, -0.15) is 0 Å². The topological polar surface area (TPSA) is 121 Å². The Labute approximate surface area is 124 Å². The number of rotatable bonds is 5. The summed E-state index contributed by atoms with van der Waals surface area (Å²) < 4.78 is 1.50. The third kappa shape index (κ3) is 2.80. The van der Waals surface area contributed by atoms with Crippen molar-refractivity contribution in [2.75, 3.05) is 0 Å². The minimum atomic E-state index is -0.562. The second kappa shape index (κ2) is 5.65. The average molecular weight is 308 g/mol. The van der Waals surface area contributed by atoms with Crippen LogP contribution in [0.1, 0.15) is 33.9 Å². The highest BCUT2D eigenvalue weighted by Gasteiger charge is 2.18. The SMILES string of the molecule is Cc1c(C(N)=O)sc2nc(C)n(CCCC(N)=O)c(=O)c12. The lowest BCUT2D eigenvalue weighted by Crippen LogP contribution is -2.24. The third-order valence-electron chi connectivity index (χ3n) is 3.27. The van der Waals surface area contributed by atoms with E-state index in [0.29, 0.717) is 39.4 Å². The van der Waals surface area contributed by atoms with E-state index in [0.717, 1.165) is 11.3 Å². The minimum Gasteiger partial charge on any atom is -0.370 e. The van der Waals surface area contributed by atoms with Gasteiger partial charge in [-0.25, -0.2) is 4.98 Å². The largest absolute Gasteiger partial charge is 0.370 e. The Morgan fingerprint density at radius 2 is 1.95 bits per heavy atom. The zero-order valence-corrected chi connectivity index (χ0v) is 12.6. The number of carbonyl (C=O) groups excluding carboxylic acids is 2. The third-order valence-corrected chi connectivity index (χ3v) is 4.47. The number of primary amides is 2. The van der Waals surface area contributed by atoms with Crippen molar-refractivity contribution < 1.29 is 9.59 Å². The summed E-state index contributed by atoms with van der Waals surface area (Å²) in [6.07, 6.45) is 0.675. The number of carbonyl (C=O) groups is 2. The molecule has 2 amide bonds. The Kier molecular flexibility index (Phi) is 4.08. The van der Waals surface area contributed by atoms with E-state index < -0.39 is 11.8 Å². The van der Waals surface area contributed by atoms with Gasteiger partial charge in [-0.3, -0.25) is 19.0 Å². The summed E-state index contributed by atoms with van der Waals surface area (Å²) in [5.41, 5.74) is 10.7. The summed E-state index contributed by atoms with van der Waals surface area (Å²) in [5.74, 6) is -0.431. The van der Waals surface area contributed by atoms with Gasteiger partial charge in [0.25, 0.3) is 11.5 Å². The Balaban J connectivity index is 2.53. The lowest BCUT2D eigenvalue weighted by molar-refractivity contribution is -0.118. The average Bonchev–Trinajstić information content (AvgIpc) is 2.70. The zero-order chi connectivity index (χ0) is 15.7. The lowest BCUT2D eigenvalue weighted by Gasteiger charge is -2.08. The summed E-state index contributed by atoms with van der Waals surface area (Å²) in [7, 11) is 0. The number of nitrogens with two attached hydrogens (primary N) is 2. The molecule has 2 rings (SSSR count). The molecule has 0 aliphatic rings. The number of aromatic nitrogens is 2. The van der Waals surface area contributed by atoms with E-state index in [1.54, 1.807) is 13.8 Å². The molecule has 21 heavy (non-hydrogen) atoms. The van der Waals surface area contributed by atoms with Crippen molar-refractivity contribution in [1.82, 2.24) is 9.55 Å². The van der Waals surface area contributed by atoms with Crippen LogP contribution in [-0.2, 0) is 11.3 Å². The van der Waals surface area contributed by atoms with Gasteiger partial charge in [0.15, 0.2) is 0 Å². The van der Waals surface area contributed by atoms with Crippen molar-refractivity contribution in [2.45, 2.75) is 33.2 Å². The van der Waals surface area contributed by atoms with Gasteiger partial charge in [0.1, 0.15) is 10.7 Å². The number of amides is 2. The molecule has 8 heteroatoms. The van der Waals surface area contributed by atoms with Crippen LogP contribution in [0, 0.1) is 13.8 Å². The monoisotopic (exact) mass is 308 g/mol. The molecular weight excluding hydrogens is 292 g/mol. The summed E-state index contributed by atoms with van der Waals surface area (Å²) >= 11 is 1.12. The lowest BCUT2D eigenvalue weighted by atomic mass is 10.2. The molecule has 112 valence electrons. The fraction of sp³-hybridized carbons (Fsp3) is 0.385. The van der Waals surface area contributed by atoms with Gasteiger partial charge in [0, 0.05) is 13.0 Å². The molecule has 0 aliphatic heterocycles. The van der Waals surface area contributed by atoms with E-state index in [2.05, 4.69) is 4.98 Å². The molecule has 0 unspecified atom stereocenters. The summed E-state index contributed by atoms with van der Waals surface area (Å²) in [6, 6.07) is 0. The molecule has 0 aromatic carbocycles. The standard InChI is InChI=1S/C13H16N4O3S/c1-6-9-12(21-10(6)11(15)19)16-7(2)17(13(9)20)5-3-4-8(14)18/h3-5H2,1-2H3,(H2,14,18)(H2,15,19). The second-order valence-corrected chi connectivity index (χ2v) is 5.79. The van der Waals surface area contributed by atoms with E-state index in [1.807, 2.05) is 0 Å². The summed E-state index contributed by atoms with van der Waals surface area (Å²) in [4.78, 5) is 39.9. The number of aryl methyl sites for hydroxylation is 2. The first kappa shape index (κ1) is 15.2. The molecule has 2 aromatic heterocycles. The molecule has 2 heterocycles. The smallest absolute Gasteiger partial charge is 0.262 e. The fourth-order valence-corrected chi connectivity index (χ4v) is 3.30. The molecule has 4 N–H and O–H groups in total. The van der Waals surface area contributed by atoms with Crippen LogP contribution in [0.4, 0.5) is 0 Å². The van der Waals surface area contributed by atoms with Gasteiger partial charge in [-0.05, 0) is 25.8 Å². The highest BCUT2D eigenvalue weighted by atomic mass is 32.1. The molecule has 7 nitrogen and oxygen atoms in total. The Hall–Kier alpha value is -2.22. The minimum absolute atomic E-state index is 0.207. The maximum atomic E-state index is 12.5. The molecule has 0 saturated carbocycles. The fourth-order valence-electron chi connectivity index (χ4n) is 2.23. The van der Waals surface area contributed by atoms with Crippen LogP contribution in [0.25, 0.3) is 10.2 Å². The molecule has 0 saturated heterocycles. The molecule has 0 spiro atoms. The molecule has 2 aromatic rings. The van der Waals surface area contributed by atoms with E-state index in [1.165, 1.54) is 4.57 Å². The van der Waals surface area contributed by atoms with Crippen LogP contribution < -0.4 is 17.0 Å². The predicted octanol–water partition coefficient (Wildman–Crippen LogP) is 0.439. The summed E-state index contributed by atoms with van der Waals surface area (Å²) in [5, 5.41) is 0.415. The number of hydrogen-bond acceptors (Lipinski definition) is 5. The van der Waals surface area contributed by atoms with E-state index in [4.69, 9.17) is 11.5 Å². The number of fused-ring (bicyclic) bond motifs is 1. The molecular formula is C13H16N4O3S. The number of nitrogens with zero attached hydrogens (tertiary/aromatic N) is 2. The van der Waals surface area contributed by atoms with Crippen LogP contribution in [0.15, 0.2) is 4.79 Å². The van der Waals surface area contributed by atoms with Crippen LogP contribution in [0.2, 0.25) is 0 Å². The van der Waals surface area contributed by atoms with E-state index >= 15 is 0 Å². The van der Waals surface area contributed by atoms with Crippen molar-refractivity contribution in [1.29, 1.82) is 0 Å². The molecule has 0 aliphatic carbocycles. The van der Waals surface area contributed by atoms with Crippen LogP contribution in [-0.4, -0.2) is 21.4 Å². The van der Waals surface area contributed by atoms with E-state index in [-0.39, 0.29) is 12.0 Å². The number of hydrogen-bond donors (Lipinski definition) is 2. The van der Waals surface area contributed by atoms with Crippen molar-refractivity contribution >= 4 is 33.4 Å². The normalized spacial score (nSPS) is 11.0. The Morgan fingerprint density at radius 1 is 1.29 bits per heavy atom. The van der Waals surface area contributed by atoms with Crippen molar-refractivity contribution in [3.63, 3.8) is 0 Å². The zero-order valence-electron chi connectivity index (χ0n) is 11.8. The van der Waals surface area contributed by atoms with Crippen LogP contribution in [0.3, 0.4) is 0 Å².